The molecule has 1 fully saturated rings. The van der Waals surface area contributed by atoms with Crippen LogP contribution in [0.1, 0.15) is 38.1 Å². The van der Waals surface area contributed by atoms with Crippen LogP contribution in [0.2, 0.25) is 0 Å². The molecule has 0 aliphatic heterocycles. The van der Waals surface area contributed by atoms with Crippen molar-refractivity contribution in [2.75, 3.05) is 5.73 Å². The predicted molar refractivity (Wildman–Crippen MR) is 76.9 cm³/mol. The molecule has 1 aliphatic carbocycles. The number of carbonyl (C=O) groups excluding carboxylic acids is 1. The van der Waals surface area contributed by atoms with Crippen LogP contribution in [0, 0.1) is 10.8 Å². The quantitative estimate of drug-likeness (QED) is 0.811. The molecular formula is C14H21ClN2O. The molecule has 0 aromatic heterocycles. The number of nitrogens with one attached hydrogen (secondary N) is 1. The molecule has 0 saturated heterocycles. The fourth-order valence-electron chi connectivity index (χ4n) is 2.47. The first-order valence-electron chi connectivity index (χ1n) is 5.94. The summed E-state index contributed by atoms with van der Waals surface area (Å²) in [5.74, 6) is -0.0771. The molecule has 18 heavy (non-hydrogen) atoms. The number of para-hydroxylation sites is 1. The van der Waals surface area contributed by atoms with Gasteiger partial charge in [0, 0.05) is 11.7 Å². The van der Waals surface area contributed by atoms with E-state index >= 15 is 0 Å². The lowest BCUT2D eigenvalue weighted by molar-refractivity contribution is 0.0944. The van der Waals surface area contributed by atoms with Gasteiger partial charge in [0.1, 0.15) is 0 Å². The molecule has 100 valence electrons. The number of amides is 1. The van der Waals surface area contributed by atoms with Gasteiger partial charge in [-0.1, -0.05) is 39.8 Å². The zero-order chi connectivity index (χ0) is 12.8. The van der Waals surface area contributed by atoms with E-state index in [1.54, 1.807) is 12.1 Å². The van der Waals surface area contributed by atoms with Crippen LogP contribution < -0.4 is 11.1 Å². The van der Waals surface area contributed by atoms with Crippen molar-refractivity contribution >= 4 is 24.0 Å². The highest BCUT2D eigenvalue weighted by molar-refractivity contribution is 5.99. The third-order valence-corrected chi connectivity index (χ3v) is 4.50. The summed E-state index contributed by atoms with van der Waals surface area (Å²) in [6, 6.07) is 7.37. The number of nitrogen functional groups attached to an aromatic ring is 1. The van der Waals surface area contributed by atoms with E-state index in [1.165, 1.54) is 0 Å². The average molecular weight is 269 g/mol. The molecule has 0 unspecified atom stereocenters. The Morgan fingerprint density at radius 3 is 2.11 bits per heavy atom. The number of halogens is 1. The maximum atomic E-state index is 12.1. The first-order valence-corrected chi connectivity index (χ1v) is 5.94. The number of rotatable bonds is 2. The van der Waals surface area contributed by atoms with E-state index in [9.17, 15) is 4.79 Å². The molecule has 1 aliphatic rings. The van der Waals surface area contributed by atoms with Gasteiger partial charge in [-0.3, -0.25) is 4.79 Å². The molecule has 3 nitrogen and oxygen atoms in total. The van der Waals surface area contributed by atoms with Crippen LogP contribution in [-0.2, 0) is 0 Å². The van der Waals surface area contributed by atoms with Crippen molar-refractivity contribution in [1.29, 1.82) is 0 Å². The van der Waals surface area contributed by atoms with Crippen molar-refractivity contribution in [3.63, 3.8) is 0 Å². The second kappa shape index (κ2) is 4.47. The molecule has 0 heterocycles. The molecule has 1 aromatic carbocycles. The zero-order valence-corrected chi connectivity index (χ0v) is 12.1. The van der Waals surface area contributed by atoms with Gasteiger partial charge in [0.25, 0.3) is 5.91 Å². The van der Waals surface area contributed by atoms with Crippen molar-refractivity contribution in [2.24, 2.45) is 10.8 Å². The Labute approximate surface area is 115 Å². The summed E-state index contributed by atoms with van der Waals surface area (Å²) in [6.45, 7) is 8.69. The van der Waals surface area contributed by atoms with Crippen molar-refractivity contribution < 1.29 is 4.79 Å². The Morgan fingerprint density at radius 2 is 1.67 bits per heavy atom. The van der Waals surface area contributed by atoms with E-state index in [0.29, 0.717) is 11.3 Å². The number of hydrogen-bond donors (Lipinski definition) is 2. The summed E-state index contributed by atoms with van der Waals surface area (Å²) in [6.07, 6.45) is 0. The maximum Gasteiger partial charge on any atom is 0.253 e. The van der Waals surface area contributed by atoms with Gasteiger partial charge in [0.05, 0.1) is 5.56 Å². The van der Waals surface area contributed by atoms with Crippen LogP contribution in [0.5, 0.6) is 0 Å². The lowest BCUT2D eigenvalue weighted by atomic mass is 10.0. The highest BCUT2D eigenvalue weighted by atomic mass is 35.5. The minimum Gasteiger partial charge on any atom is -0.398 e. The minimum atomic E-state index is -0.0771. The fraction of sp³-hybridized carbons (Fsp3) is 0.500. The lowest BCUT2D eigenvalue weighted by Gasteiger charge is -2.08. The van der Waals surface area contributed by atoms with Crippen LogP contribution in [0.25, 0.3) is 0 Å². The van der Waals surface area contributed by atoms with Gasteiger partial charge < -0.3 is 11.1 Å². The Bertz CT molecular complexity index is 455. The molecule has 4 heteroatoms. The topological polar surface area (TPSA) is 55.1 Å². The van der Waals surface area contributed by atoms with E-state index in [-0.39, 0.29) is 35.2 Å². The Morgan fingerprint density at radius 1 is 1.17 bits per heavy atom. The van der Waals surface area contributed by atoms with Crippen LogP contribution in [0.4, 0.5) is 5.69 Å². The van der Waals surface area contributed by atoms with Crippen molar-refractivity contribution in [1.82, 2.24) is 5.32 Å². The van der Waals surface area contributed by atoms with E-state index in [1.807, 2.05) is 12.1 Å². The Hall–Kier alpha value is -1.22. The highest BCUT2D eigenvalue weighted by Crippen LogP contribution is 2.62. The molecule has 2 rings (SSSR count). The predicted octanol–water partition coefficient (Wildman–Crippen LogP) is 2.86. The first kappa shape index (κ1) is 14.8. The number of carbonyl (C=O) groups is 1. The lowest BCUT2D eigenvalue weighted by Crippen LogP contribution is -2.30. The van der Waals surface area contributed by atoms with Crippen LogP contribution >= 0.6 is 12.4 Å². The molecule has 1 saturated carbocycles. The van der Waals surface area contributed by atoms with Gasteiger partial charge in [-0.2, -0.15) is 0 Å². The van der Waals surface area contributed by atoms with E-state index in [4.69, 9.17) is 5.73 Å². The minimum absolute atomic E-state index is 0. The van der Waals surface area contributed by atoms with Gasteiger partial charge in [-0.25, -0.2) is 0 Å². The summed E-state index contributed by atoms with van der Waals surface area (Å²) in [7, 11) is 0. The van der Waals surface area contributed by atoms with Gasteiger partial charge in [-0.15, -0.1) is 12.4 Å². The molecule has 0 radical (unpaired) electrons. The van der Waals surface area contributed by atoms with Gasteiger partial charge in [0.2, 0.25) is 0 Å². The first-order chi connectivity index (χ1) is 7.78. The van der Waals surface area contributed by atoms with E-state index < -0.39 is 0 Å². The van der Waals surface area contributed by atoms with Crippen LogP contribution in [0.15, 0.2) is 24.3 Å². The Kier molecular flexibility index (Phi) is 3.68. The standard InChI is InChI=1S/C14H20N2O.ClH/c1-13(2)12(14(13,3)4)16-11(17)9-7-5-6-8-10(9)15;/h5-8,12H,15H2,1-4H3,(H,16,17);1H. The second-order valence-corrected chi connectivity index (χ2v) is 5.94. The zero-order valence-electron chi connectivity index (χ0n) is 11.3. The fourth-order valence-corrected chi connectivity index (χ4v) is 2.47. The summed E-state index contributed by atoms with van der Waals surface area (Å²) in [5, 5.41) is 3.07. The molecule has 1 amide bonds. The smallest absolute Gasteiger partial charge is 0.253 e. The molecule has 0 atom stereocenters. The van der Waals surface area contributed by atoms with Crippen LogP contribution in [0.3, 0.4) is 0 Å². The summed E-state index contributed by atoms with van der Waals surface area (Å²) < 4.78 is 0. The van der Waals surface area contributed by atoms with Gasteiger partial charge in [-0.05, 0) is 23.0 Å². The normalized spacial score (nSPS) is 19.8. The maximum absolute atomic E-state index is 12.1. The highest BCUT2D eigenvalue weighted by Gasteiger charge is 2.65. The van der Waals surface area contributed by atoms with E-state index in [0.717, 1.165) is 0 Å². The molecule has 0 spiro atoms. The summed E-state index contributed by atoms with van der Waals surface area (Å²) in [5.41, 5.74) is 7.17. The average Bonchev–Trinajstić information content (AvgIpc) is 2.61. The SMILES string of the molecule is CC1(C)C(NC(=O)c2ccccc2N)C1(C)C.Cl. The van der Waals surface area contributed by atoms with Crippen molar-refractivity contribution in [3.05, 3.63) is 29.8 Å². The molecular weight excluding hydrogens is 248 g/mol. The monoisotopic (exact) mass is 268 g/mol. The summed E-state index contributed by atoms with van der Waals surface area (Å²) in [4.78, 5) is 12.1. The number of anilines is 1. The molecule has 0 bridgehead atoms. The van der Waals surface area contributed by atoms with Crippen molar-refractivity contribution in [2.45, 2.75) is 33.7 Å². The second-order valence-electron chi connectivity index (χ2n) is 5.94. The van der Waals surface area contributed by atoms with Gasteiger partial charge in [0.15, 0.2) is 0 Å². The number of nitrogens with two attached hydrogens (primary N) is 1. The van der Waals surface area contributed by atoms with Crippen LogP contribution in [-0.4, -0.2) is 11.9 Å². The number of benzene rings is 1. The van der Waals surface area contributed by atoms with Crippen molar-refractivity contribution in [3.8, 4) is 0 Å². The van der Waals surface area contributed by atoms with E-state index in [2.05, 4.69) is 33.0 Å². The van der Waals surface area contributed by atoms with Gasteiger partial charge >= 0.3 is 0 Å². The summed E-state index contributed by atoms with van der Waals surface area (Å²) >= 11 is 0. The third-order valence-electron chi connectivity index (χ3n) is 4.50. The largest absolute Gasteiger partial charge is 0.398 e. The Balaban J connectivity index is 0.00000162. The molecule has 3 N–H and O–H groups in total. The number of hydrogen-bond acceptors (Lipinski definition) is 2. The molecule has 1 aromatic rings. The third kappa shape index (κ3) is 2.07.